The number of aliphatic hydroxyl groups is 1. The van der Waals surface area contributed by atoms with E-state index in [0.29, 0.717) is 11.3 Å². The number of rotatable bonds is 4. The molecule has 0 bridgehead atoms. The highest BCUT2D eigenvalue weighted by Crippen LogP contribution is 2.20. The molecular formula is C8H11N3OS. The summed E-state index contributed by atoms with van der Waals surface area (Å²) in [6.07, 6.45) is 3.25. The van der Waals surface area contributed by atoms with Crippen LogP contribution in [0.2, 0.25) is 0 Å². The van der Waals surface area contributed by atoms with E-state index in [-0.39, 0.29) is 12.4 Å². The predicted octanol–water partition coefficient (Wildman–Crippen LogP) is 0.450. The second-order valence-electron chi connectivity index (χ2n) is 2.36. The van der Waals surface area contributed by atoms with E-state index in [9.17, 15) is 0 Å². The van der Waals surface area contributed by atoms with Crippen molar-refractivity contribution in [3.63, 3.8) is 0 Å². The Morgan fingerprint density at radius 3 is 3.08 bits per heavy atom. The maximum Gasteiger partial charge on any atom is 0.124 e. The molecule has 0 aromatic carbocycles. The van der Waals surface area contributed by atoms with Gasteiger partial charge in [-0.1, -0.05) is 0 Å². The van der Waals surface area contributed by atoms with Crippen LogP contribution < -0.4 is 5.73 Å². The summed E-state index contributed by atoms with van der Waals surface area (Å²) < 4.78 is 0. The van der Waals surface area contributed by atoms with E-state index < -0.39 is 0 Å². The Kier molecular flexibility index (Phi) is 3.72. The number of nitrogens with zero attached hydrogens (tertiary/aromatic N) is 1. The molecule has 4 N–H and O–H groups in total. The highest BCUT2D eigenvalue weighted by molar-refractivity contribution is 7.99. The molecule has 0 aliphatic rings. The van der Waals surface area contributed by atoms with Gasteiger partial charge in [-0.2, -0.15) is 0 Å². The largest absolute Gasteiger partial charge is 0.396 e. The second-order valence-corrected chi connectivity index (χ2v) is 3.49. The summed E-state index contributed by atoms with van der Waals surface area (Å²) >= 11 is 1.44. The van der Waals surface area contributed by atoms with Gasteiger partial charge < -0.3 is 10.8 Å². The van der Waals surface area contributed by atoms with Gasteiger partial charge in [-0.15, -0.1) is 11.8 Å². The van der Waals surface area contributed by atoms with Crippen molar-refractivity contribution in [2.75, 3.05) is 12.4 Å². The molecule has 1 aromatic heterocycles. The lowest BCUT2D eigenvalue weighted by Crippen LogP contribution is -2.12. The van der Waals surface area contributed by atoms with Crippen LogP contribution in [-0.2, 0) is 0 Å². The molecule has 13 heavy (non-hydrogen) atoms. The Bertz CT molecular complexity index is 303. The minimum Gasteiger partial charge on any atom is -0.396 e. The molecule has 0 unspecified atom stereocenters. The fourth-order valence-electron chi connectivity index (χ4n) is 0.873. The first kappa shape index (κ1) is 10.0. The number of amidine groups is 1. The first-order chi connectivity index (χ1) is 6.25. The zero-order valence-corrected chi connectivity index (χ0v) is 7.84. The molecular weight excluding hydrogens is 186 g/mol. The summed E-state index contributed by atoms with van der Waals surface area (Å²) in [4.78, 5) is 4.76. The average molecular weight is 197 g/mol. The number of thioether (sulfide) groups is 1. The van der Waals surface area contributed by atoms with Crippen molar-refractivity contribution in [3.05, 3.63) is 24.0 Å². The van der Waals surface area contributed by atoms with Gasteiger partial charge in [-0.05, 0) is 6.07 Å². The molecule has 0 radical (unpaired) electrons. The third kappa shape index (κ3) is 2.71. The van der Waals surface area contributed by atoms with Gasteiger partial charge in [0.25, 0.3) is 0 Å². The molecule has 5 heteroatoms. The number of aliphatic hydroxyl groups excluding tert-OH is 1. The minimum absolute atomic E-state index is 0.0304. The standard InChI is InChI=1S/C8H11N3OS/c9-8(10)6-1-2-11-5-7(6)13-4-3-12/h1-2,5,12H,3-4H2,(H3,9,10). The first-order valence-corrected chi connectivity index (χ1v) is 4.76. The minimum atomic E-state index is 0.0304. The molecule has 4 nitrogen and oxygen atoms in total. The Hall–Kier alpha value is -1.07. The molecule has 1 aromatic rings. The fourth-order valence-corrected chi connectivity index (χ4v) is 1.65. The van der Waals surface area contributed by atoms with Gasteiger partial charge in [0.1, 0.15) is 5.84 Å². The number of nitrogen functional groups attached to an aromatic ring is 1. The summed E-state index contributed by atoms with van der Waals surface area (Å²) in [6.45, 7) is 0.108. The summed E-state index contributed by atoms with van der Waals surface area (Å²) in [5, 5.41) is 15.9. The number of pyridine rings is 1. The highest BCUT2D eigenvalue weighted by atomic mass is 32.2. The number of nitrogens with one attached hydrogen (secondary N) is 1. The molecule has 0 aliphatic heterocycles. The normalized spacial score (nSPS) is 9.92. The molecule has 70 valence electrons. The average Bonchev–Trinajstić information content (AvgIpc) is 2.15. The SMILES string of the molecule is N=C(N)c1ccncc1SCCO. The van der Waals surface area contributed by atoms with E-state index in [1.54, 1.807) is 18.5 Å². The van der Waals surface area contributed by atoms with Crippen LogP contribution in [0.25, 0.3) is 0 Å². The molecule has 0 spiro atoms. The van der Waals surface area contributed by atoms with E-state index in [1.165, 1.54) is 11.8 Å². The summed E-state index contributed by atoms with van der Waals surface area (Å²) in [5.74, 6) is 0.620. The van der Waals surface area contributed by atoms with Crippen molar-refractivity contribution in [2.45, 2.75) is 4.90 Å². The Morgan fingerprint density at radius 1 is 1.69 bits per heavy atom. The Labute approximate surface area is 80.7 Å². The third-order valence-electron chi connectivity index (χ3n) is 1.42. The second kappa shape index (κ2) is 4.84. The number of aromatic nitrogens is 1. The molecule has 1 rings (SSSR count). The van der Waals surface area contributed by atoms with Crippen LogP contribution in [0.4, 0.5) is 0 Å². The maximum atomic E-state index is 8.63. The van der Waals surface area contributed by atoms with E-state index in [0.717, 1.165) is 4.90 Å². The van der Waals surface area contributed by atoms with Crippen molar-refractivity contribution < 1.29 is 5.11 Å². The van der Waals surface area contributed by atoms with Crippen molar-refractivity contribution in [1.29, 1.82) is 5.41 Å². The number of nitrogens with two attached hydrogens (primary N) is 1. The van der Waals surface area contributed by atoms with E-state index in [1.807, 2.05) is 0 Å². The zero-order valence-electron chi connectivity index (χ0n) is 7.03. The van der Waals surface area contributed by atoms with Gasteiger partial charge in [0.05, 0.1) is 6.61 Å². The maximum absolute atomic E-state index is 8.63. The van der Waals surface area contributed by atoms with Crippen molar-refractivity contribution >= 4 is 17.6 Å². The smallest absolute Gasteiger partial charge is 0.124 e. The molecule has 0 amide bonds. The van der Waals surface area contributed by atoms with Crippen LogP contribution in [0, 0.1) is 5.41 Å². The summed E-state index contributed by atoms with van der Waals surface area (Å²) in [6, 6.07) is 1.70. The van der Waals surface area contributed by atoms with Crippen LogP contribution in [0.5, 0.6) is 0 Å². The molecule has 0 fully saturated rings. The van der Waals surface area contributed by atoms with Gasteiger partial charge in [-0.3, -0.25) is 10.4 Å². The van der Waals surface area contributed by atoms with Crippen molar-refractivity contribution in [1.82, 2.24) is 4.98 Å². The third-order valence-corrected chi connectivity index (χ3v) is 2.45. The van der Waals surface area contributed by atoms with E-state index >= 15 is 0 Å². The van der Waals surface area contributed by atoms with Crippen LogP contribution in [-0.4, -0.2) is 28.3 Å². The van der Waals surface area contributed by atoms with Crippen LogP contribution in [0.1, 0.15) is 5.56 Å². The lowest BCUT2D eigenvalue weighted by atomic mass is 10.2. The monoisotopic (exact) mass is 197 g/mol. The molecule has 0 saturated carbocycles. The van der Waals surface area contributed by atoms with E-state index in [4.69, 9.17) is 16.2 Å². The first-order valence-electron chi connectivity index (χ1n) is 3.77. The molecule has 1 heterocycles. The molecule has 0 aliphatic carbocycles. The van der Waals surface area contributed by atoms with Gasteiger partial charge >= 0.3 is 0 Å². The Morgan fingerprint density at radius 2 is 2.46 bits per heavy atom. The van der Waals surface area contributed by atoms with Crippen molar-refractivity contribution in [3.8, 4) is 0 Å². The molecule has 0 saturated heterocycles. The zero-order chi connectivity index (χ0) is 9.68. The van der Waals surface area contributed by atoms with Crippen LogP contribution >= 0.6 is 11.8 Å². The van der Waals surface area contributed by atoms with Gasteiger partial charge in [0.2, 0.25) is 0 Å². The molecule has 0 atom stereocenters. The summed E-state index contributed by atoms with van der Waals surface area (Å²) in [5.41, 5.74) is 6.04. The highest BCUT2D eigenvalue weighted by Gasteiger charge is 2.04. The quantitative estimate of drug-likeness (QED) is 0.372. The number of hydrogen-bond donors (Lipinski definition) is 3. The van der Waals surface area contributed by atoms with Crippen LogP contribution in [0.15, 0.2) is 23.4 Å². The lowest BCUT2D eigenvalue weighted by molar-refractivity contribution is 0.322. The van der Waals surface area contributed by atoms with Crippen molar-refractivity contribution in [2.24, 2.45) is 5.73 Å². The van der Waals surface area contributed by atoms with Gasteiger partial charge in [0.15, 0.2) is 0 Å². The summed E-state index contributed by atoms with van der Waals surface area (Å²) in [7, 11) is 0. The fraction of sp³-hybridized carbons (Fsp3) is 0.250. The number of hydrogen-bond acceptors (Lipinski definition) is 4. The van der Waals surface area contributed by atoms with Gasteiger partial charge in [-0.25, -0.2) is 0 Å². The Balaban J connectivity index is 2.84. The van der Waals surface area contributed by atoms with Gasteiger partial charge in [0, 0.05) is 28.6 Å². The topological polar surface area (TPSA) is 83.0 Å². The predicted molar refractivity (Wildman–Crippen MR) is 53.1 cm³/mol. The van der Waals surface area contributed by atoms with E-state index in [2.05, 4.69) is 4.98 Å². The van der Waals surface area contributed by atoms with Crippen LogP contribution in [0.3, 0.4) is 0 Å². The lowest BCUT2D eigenvalue weighted by Gasteiger charge is -2.04.